The van der Waals surface area contributed by atoms with E-state index >= 15 is 0 Å². The lowest BCUT2D eigenvalue weighted by Crippen LogP contribution is -2.34. The lowest BCUT2D eigenvalue weighted by atomic mass is 9.76. The van der Waals surface area contributed by atoms with Crippen LogP contribution < -0.4 is 14.2 Å². The number of benzene rings is 2. The normalized spacial score (nSPS) is 24.6. The van der Waals surface area contributed by atoms with Crippen molar-refractivity contribution in [3.05, 3.63) is 47.5 Å². The minimum absolute atomic E-state index is 0.180. The molecule has 4 heteroatoms. The maximum atomic E-state index is 10.3. The Hall–Kier alpha value is -2.36. The van der Waals surface area contributed by atoms with Crippen molar-refractivity contribution in [3.8, 4) is 23.0 Å². The minimum atomic E-state index is -0.371. The molecule has 2 atom stereocenters. The Morgan fingerprint density at radius 2 is 1.84 bits per heavy atom. The first-order valence-electron chi connectivity index (χ1n) is 8.92. The molecule has 1 heterocycles. The third-order valence-corrected chi connectivity index (χ3v) is 5.66. The van der Waals surface area contributed by atoms with Crippen molar-refractivity contribution in [1.82, 2.24) is 0 Å². The fraction of sp³-hybridized carbons (Fsp3) is 0.429. The van der Waals surface area contributed by atoms with Crippen molar-refractivity contribution in [1.29, 1.82) is 0 Å². The molecule has 0 saturated heterocycles. The van der Waals surface area contributed by atoms with Crippen molar-refractivity contribution in [3.63, 3.8) is 0 Å². The summed E-state index contributed by atoms with van der Waals surface area (Å²) in [5.41, 5.74) is 1.90. The summed E-state index contributed by atoms with van der Waals surface area (Å²) in [6.07, 6.45) is 5.57. The molecule has 0 aromatic heterocycles. The first kappa shape index (κ1) is 16.1. The van der Waals surface area contributed by atoms with Crippen molar-refractivity contribution in [2.24, 2.45) is 0 Å². The van der Waals surface area contributed by atoms with Crippen molar-refractivity contribution in [2.75, 3.05) is 14.2 Å². The first-order chi connectivity index (χ1) is 12.2. The van der Waals surface area contributed by atoms with Gasteiger partial charge in [-0.1, -0.05) is 25.0 Å². The molecule has 2 aliphatic rings. The number of phenols is 1. The number of fused-ring (bicyclic) bond motifs is 3. The lowest BCUT2D eigenvalue weighted by molar-refractivity contribution is 0.0570. The van der Waals surface area contributed by atoms with E-state index in [0.29, 0.717) is 5.75 Å². The molecular weight excluding hydrogens is 316 g/mol. The van der Waals surface area contributed by atoms with Gasteiger partial charge in [0.05, 0.1) is 14.2 Å². The Labute approximate surface area is 148 Å². The van der Waals surface area contributed by atoms with Crippen LogP contribution in [0.5, 0.6) is 23.0 Å². The molecule has 0 radical (unpaired) electrons. The summed E-state index contributed by atoms with van der Waals surface area (Å²) in [5.74, 6) is 2.56. The van der Waals surface area contributed by atoms with Gasteiger partial charge in [0.2, 0.25) is 0 Å². The summed E-state index contributed by atoms with van der Waals surface area (Å²) in [5, 5.41) is 10.3. The number of ether oxygens (including phenoxy) is 3. The average Bonchev–Trinajstić information content (AvgIpc) is 2.79. The second-order valence-electron chi connectivity index (χ2n) is 6.93. The molecule has 4 nitrogen and oxygen atoms in total. The molecule has 1 saturated carbocycles. The predicted octanol–water partition coefficient (Wildman–Crippen LogP) is 4.75. The largest absolute Gasteiger partial charge is 0.504 e. The third-order valence-electron chi connectivity index (χ3n) is 5.66. The predicted molar refractivity (Wildman–Crippen MR) is 95.8 cm³/mol. The van der Waals surface area contributed by atoms with Crippen LogP contribution in [0.1, 0.15) is 49.1 Å². The Kier molecular flexibility index (Phi) is 3.98. The minimum Gasteiger partial charge on any atom is -0.504 e. The van der Waals surface area contributed by atoms with E-state index in [1.54, 1.807) is 14.2 Å². The Morgan fingerprint density at radius 1 is 1.04 bits per heavy atom. The zero-order valence-corrected chi connectivity index (χ0v) is 14.7. The number of methoxy groups -OCH3 is 2. The number of aromatic hydroxyl groups is 1. The molecule has 2 aromatic rings. The highest BCUT2D eigenvalue weighted by Crippen LogP contribution is 2.58. The first-order valence-corrected chi connectivity index (χ1v) is 8.92. The van der Waals surface area contributed by atoms with Crippen LogP contribution in [0.2, 0.25) is 0 Å². The quantitative estimate of drug-likeness (QED) is 0.876. The SMILES string of the molecule is COc1ccc([C@@]23CCCCC[C@@H]2c2cc(O)c(OC)cc2O3)cc1. The molecule has 1 N–H and O–H groups in total. The number of hydrogen-bond acceptors (Lipinski definition) is 4. The molecule has 1 aliphatic heterocycles. The molecule has 25 heavy (non-hydrogen) atoms. The molecule has 0 spiro atoms. The van der Waals surface area contributed by atoms with Gasteiger partial charge in [-0.15, -0.1) is 0 Å². The molecular formula is C21H24O4. The van der Waals surface area contributed by atoms with Crippen molar-refractivity contribution >= 4 is 0 Å². The summed E-state index contributed by atoms with van der Waals surface area (Å²) in [4.78, 5) is 0. The van der Waals surface area contributed by atoms with Gasteiger partial charge in [-0.05, 0) is 43.0 Å². The third kappa shape index (κ3) is 2.51. The second kappa shape index (κ2) is 6.17. The van der Waals surface area contributed by atoms with Crippen LogP contribution in [-0.2, 0) is 5.60 Å². The highest BCUT2D eigenvalue weighted by Gasteiger charge is 2.50. The average molecular weight is 340 g/mol. The highest BCUT2D eigenvalue weighted by molar-refractivity contribution is 5.56. The Balaban J connectivity index is 1.83. The van der Waals surface area contributed by atoms with Crippen molar-refractivity contribution in [2.45, 2.75) is 43.6 Å². The van der Waals surface area contributed by atoms with Gasteiger partial charge >= 0.3 is 0 Å². The van der Waals surface area contributed by atoms with Crippen LogP contribution in [0.3, 0.4) is 0 Å². The Bertz CT molecular complexity index is 768. The van der Waals surface area contributed by atoms with Gasteiger partial charge < -0.3 is 19.3 Å². The lowest BCUT2D eigenvalue weighted by Gasteiger charge is -2.34. The van der Waals surface area contributed by atoms with E-state index in [1.807, 2.05) is 24.3 Å². The fourth-order valence-electron chi connectivity index (χ4n) is 4.41. The Morgan fingerprint density at radius 3 is 2.56 bits per heavy atom. The molecule has 4 rings (SSSR count). The molecule has 2 aromatic carbocycles. The number of hydrogen-bond donors (Lipinski definition) is 1. The molecule has 1 aliphatic carbocycles. The maximum absolute atomic E-state index is 10.3. The van der Waals surface area contributed by atoms with Crippen LogP contribution in [0.25, 0.3) is 0 Å². The van der Waals surface area contributed by atoms with E-state index in [1.165, 1.54) is 18.4 Å². The van der Waals surface area contributed by atoms with E-state index in [2.05, 4.69) is 12.1 Å². The molecule has 0 unspecified atom stereocenters. The molecule has 132 valence electrons. The summed E-state index contributed by atoms with van der Waals surface area (Å²) < 4.78 is 17.2. The maximum Gasteiger partial charge on any atom is 0.164 e. The van der Waals surface area contributed by atoms with Crippen LogP contribution >= 0.6 is 0 Å². The van der Waals surface area contributed by atoms with Gasteiger partial charge in [0.25, 0.3) is 0 Å². The van der Waals surface area contributed by atoms with Crippen LogP contribution in [-0.4, -0.2) is 19.3 Å². The van der Waals surface area contributed by atoms with E-state index in [9.17, 15) is 5.11 Å². The smallest absolute Gasteiger partial charge is 0.164 e. The standard InChI is InChI=1S/C21H24O4/c1-23-15-9-7-14(8-10-15)21-11-5-3-4-6-17(21)16-12-18(22)20(24-2)13-19(16)25-21/h7-10,12-13,17,22H,3-6,11H2,1-2H3/t17-,21+/m1/s1. The van der Waals surface area contributed by atoms with Gasteiger partial charge in [-0.25, -0.2) is 0 Å². The number of rotatable bonds is 3. The van der Waals surface area contributed by atoms with E-state index in [0.717, 1.165) is 36.3 Å². The van der Waals surface area contributed by atoms with Crippen LogP contribution in [0.4, 0.5) is 0 Å². The molecule has 1 fully saturated rings. The summed E-state index contributed by atoms with van der Waals surface area (Å²) in [6, 6.07) is 11.9. The van der Waals surface area contributed by atoms with E-state index in [-0.39, 0.29) is 17.3 Å². The van der Waals surface area contributed by atoms with Crippen LogP contribution in [0, 0.1) is 0 Å². The zero-order valence-electron chi connectivity index (χ0n) is 14.7. The monoisotopic (exact) mass is 340 g/mol. The summed E-state index contributed by atoms with van der Waals surface area (Å²) in [7, 11) is 3.24. The number of phenolic OH excluding ortho intramolecular Hbond substituents is 1. The highest BCUT2D eigenvalue weighted by atomic mass is 16.5. The van der Waals surface area contributed by atoms with Gasteiger partial charge in [0.1, 0.15) is 17.1 Å². The zero-order chi connectivity index (χ0) is 17.4. The van der Waals surface area contributed by atoms with E-state index in [4.69, 9.17) is 14.2 Å². The van der Waals surface area contributed by atoms with Gasteiger partial charge in [0.15, 0.2) is 11.5 Å². The van der Waals surface area contributed by atoms with Gasteiger partial charge in [-0.3, -0.25) is 0 Å². The fourth-order valence-corrected chi connectivity index (χ4v) is 4.41. The van der Waals surface area contributed by atoms with Crippen LogP contribution in [0.15, 0.2) is 36.4 Å². The van der Waals surface area contributed by atoms with Gasteiger partial charge in [0, 0.05) is 17.5 Å². The molecule has 0 amide bonds. The van der Waals surface area contributed by atoms with Crippen molar-refractivity contribution < 1.29 is 19.3 Å². The molecule has 0 bridgehead atoms. The van der Waals surface area contributed by atoms with Gasteiger partial charge in [-0.2, -0.15) is 0 Å². The summed E-state index contributed by atoms with van der Waals surface area (Å²) >= 11 is 0. The van der Waals surface area contributed by atoms with E-state index < -0.39 is 0 Å². The second-order valence-corrected chi connectivity index (χ2v) is 6.93. The topological polar surface area (TPSA) is 47.9 Å². The summed E-state index contributed by atoms with van der Waals surface area (Å²) in [6.45, 7) is 0.